The predicted octanol–water partition coefficient (Wildman–Crippen LogP) is 0.307. The van der Waals surface area contributed by atoms with Gasteiger partial charge in [0.25, 0.3) is 0 Å². The third-order valence-corrected chi connectivity index (χ3v) is 3.27. The minimum Gasteiger partial charge on any atom is -0.469 e. The number of hydrogen-bond donors (Lipinski definition) is 3. The Morgan fingerprint density at radius 2 is 2.00 bits per heavy atom. The lowest BCUT2D eigenvalue weighted by Gasteiger charge is -2.15. The molecule has 0 spiro atoms. The zero-order valence-electron chi connectivity index (χ0n) is 12.1. The maximum Gasteiger partial charge on any atom is 0.337 e. The van der Waals surface area contributed by atoms with E-state index in [4.69, 9.17) is 0 Å². The molecule has 0 saturated carbocycles. The van der Waals surface area contributed by atoms with Crippen LogP contribution < -0.4 is 0 Å². The van der Waals surface area contributed by atoms with Crippen LogP contribution in [0, 0.1) is 0 Å². The molecule has 1 aromatic heterocycles. The Morgan fingerprint density at radius 1 is 1.27 bits per heavy atom. The van der Waals surface area contributed by atoms with Gasteiger partial charge in [0.2, 0.25) is 0 Å². The van der Waals surface area contributed by atoms with Crippen LogP contribution in [0.5, 0.6) is 0 Å². The lowest BCUT2D eigenvalue weighted by molar-refractivity contribution is -0.144. The molecule has 1 heterocycles. The van der Waals surface area contributed by atoms with E-state index < -0.39 is 24.1 Å². The average molecular weight is 308 g/mol. The second-order valence-electron chi connectivity index (χ2n) is 4.65. The molecule has 2 aromatic rings. The van der Waals surface area contributed by atoms with Crippen LogP contribution in [0.25, 0.3) is 10.9 Å². The summed E-state index contributed by atoms with van der Waals surface area (Å²) in [5, 5.41) is 27.1. The molecule has 2 unspecified atom stereocenters. The molecule has 0 radical (unpaired) electrons. The van der Waals surface area contributed by atoms with E-state index in [0.29, 0.717) is 16.5 Å². The SMILES string of the molecule is COC(=O)CC(O)C(O)c1[nH]nc2cc(C(=O)OC)ccc12. The molecule has 0 aliphatic heterocycles. The molecule has 0 fully saturated rings. The van der Waals surface area contributed by atoms with Crippen LogP contribution >= 0.6 is 0 Å². The zero-order chi connectivity index (χ0) is 16.3. The molecular formula is C14H16N2O6. The number of carbonyl (C=O) groups is 2. The van der Waals surface area contributed by atoms with Crippen molar-refractivity contribution in [2.45, 2.75) is 18.6 Å². The fraction of sp³-hybridized carbons (Fsp3) is 0.357. The number of hydrogen-bond acceptors (Lipinski definition) is 7. The van der Waals surface area contributed by atoms with Crippen LogP contribution in [-0.4, -0.2) is 52.7 Å². The van der Waals surface area contributed by atoms with Gasteiger partial charge in [0.15, 0.2) is 0 Å². The molecule has 22 heavy (non-hydrogen) atoms. The third kappa shape index (κ3) is 3.07. The maximum atomic E-state index is 11.5. The molecule has 8 heteroatoms. The molecule has 118 valence electrons. The molecule has 1 aromatic carbocycles. The lowest BCUT2D eigenvalue weighted by atomic mass is 10.0. The normalized spacial score (nSPS) is 13.6. The van der Waals surface area contributed by atoms with E-state index in [-0.39, 0.29) is 12.1 Å². The van der Waals surface area contributed by atoms with Crippen molar-refractivity contribution in [3.05, 3.63) is 29.5 Å². The second-order valence-corrected chi connectivity index (χ2v) is 4.65. The van der Waals surface area contributed by atoms with Gasteiger partial charge in [0, 0.05) is 5.39 Å². The second kappa shape index (κ2) is 6.54. The number of aromatic amines is 1. The summed E-state index contributed by atoms with van der Waals surface area (Å²) in [4.78, 5) is 22.6. The fourth-order valence-electron chi connectivity index (χ4n) is 2.06. The van der Waals surface area contributed by atoms with Crippen molar-refractivity contribution < 1.29 is 29.3 Å². The molecule has 0 aliphatic rings. The Bertz CT molecular complexity index is 696. The monoisotopic (exact) mass is 308 g/mol. The number of carbonyl (C=O) groups excluding carboxylic acids is 2. The van der Waals surface area contributed by atoms with Crippen molar-refractivity contribution in [3.8, 4) is 0 Å². The first kappa shape index (κ1) is 15.9. The molecule has 3 N–H and O–H groups in total. The van der Waals surface area contributed by atoms with Gasteiger partial charge < -0.3 is 19.7 Å². The number of aliphatic hydroxyl groups is 2. The number of benzene rings is 1. The highest BCUT2D eigenvalue weighted by molar-refractivity contribution is 5.94. The van der Waals surface area contributed by atoms with Crippen LogP contribution in [0.15, 0.2) is 18.2 Å². The number of ether oxygens (including phenoxy) is 2. The molecule has 0 amide bonds. The van der Waals surface area contributed by atoms with Gasteiger partial charge in [-0.25, -0.2) is 4.79 Å². The smallest absolute Gasteiger partial charge is 0.337 e. The average Bonchev–Trinajstić information content (AvgIpc) is 2.95. The van der Waals surface area contributed by atoms with Crippen LogP contribution in [0.2, 0.25) is 0 Å². The number of methoxy groups -OCH3 is 2. The van der Waals surface area contributed by atoms with Crippen LogP contribution in [0.1, 0.15) is 28.6 Å². The number of aliphatic hydroxyl groups excluding tert-OH is 2. The van der Waals surface area contributed by atoms with Gasteiger partial charge in [0.1, 0.15) is 6.10 Å². The Labute approximate surface area is 125 Å². The summed E-state index contributed by atoms with van der Waals surface area (Å²) in [6, 6.07) is 4.60. The standard InChI is InChI=1S/C14H16N2O6/c1-21-11(18)6-10(17)13(19)12-8-4-3-7(14(20)22-2)5-9(8)15-16-12/h3-5,10,13,17,19H,6H2,1-2H3,(H,15,16). The Kier molecular flexibility index (Phi) is 4.74. The molecule has 2 rings (SSSR count). The predicted molar refractivity (Wildman–Crippen MR) is 75.0 cm³/mol. The highest BCUT2D eigenvalue weighted by atomic mass is 16.5. The lowest BCUT2D eigenvalue weighted by Crippen LogP contribution is -2.23. The van der Waals surface area contributed by atoms with Gasteiger partial charge in [-0.15, -0.1) is 0 Å². The highest BCUT2D eigenvalue weighted by Crippen LogP contribution is 2.26. The van der Waals surface area contributed by atoms with Gasteiger partial charge in [0.05, 0.1) is 43.5 Å². The van der Waals surface area contributed by atoms with Gasteiger partial charge >= 0.3 is 11.9 Å². The minimum atomic E-state index is -1.34. The summed E-state index contributed by atoms with van der Waals surface area (Å²) in [6.07, 6.45) is -3.03. The van der Waals surface area contributed by atoms with Gasteiger partial charge in [-0.1, -0.05) is 0 Å². The van der Waals surface area contributed by atoms with Crippen molar-refractivity contribution in [1.29, 1.82) is 0 Å². The van der Waals surface area contributed by atoms with Gasteiger partial charge in [-0.05, 0) is 18.2 Å². The van der Waals surface area contributed by atoms with E-state index in [0.717, 1.165) is 0 Å². The van der Waals surface area contributed by atoms with Crippen LogP contribution in [-0.2, 0) is 14.3 Å². The number of nitrogens with one attached hydrogen (secondary N) is 1. The summed E-state index contributed by atoms with van der Waals surface area (Å²) in [5.41, 5.74) is 1.00. The van der Waals surface area contributed by atoms with Crippen molar-refractivity contribution in [3.63, 3.8) is 0 Å². The van der Waals surface area contributed by atoms with Crippen LogP contribution in [0.4, 0.5) is 0 Å². The van der Waals surface area contributed by atoms with Gasteiger partial charge in [-0.2, -0.15) is 5.10 Å². The number of fused-ring (bicyclic) bond motifs is 1. The van der Waals surface area contributed by atoms with Crippen molar-refractivity contribution >= 4 is 22.8 Å². The van der Waals surface area contributed by atoms with Crippen LogP contribution in [0.3, 0.4) is 0 Å². The number of aromatic nitrogens is 2. The molecular weight excluding hydrogens is 292 g/mol. The Morgan fingerprint density at radius 3 is 2.64 bits per heavy atom. The Balaban J connectivity index is 2.28. The maximum absolute atomic E-state index is 11.5. The summed E-state index contributed by atoms with van der Waals surface area (Å²) < 4.78 is 9.06. The topological polar surface area (TPSA) is 122 Å². The van der Waals surface area contributed by atoms with E-state index in [1.165, 1.54) is 26.4 Å². The van der Waals surface area contributed by atoms with Crippen molar-refractivity contribution in [2.24, 2.45) is 0 Å². The largest absolute Gasteiger partial charge is 0.469 e. The fourth-order valence-corrected chi connectivity index (χ4v) is 2.06. The third-order valence-electron chi connectivity index (χ3n) is 3.27. The quantitative estimate of drug-likeness (QED) is 0.679. The molecule has 0 aliphatic carbocycles. The number of rotatable bonds is 5. The molecule has 0 bridgehead atoms. The molecule has 2 atom stereocenters. The number of H-pyrrole nitrogens is 1. The van der Waals surface area contributed by atoms with Crippen molar-refractivity contribution in [2.75, 3.05) is 14.2 Å². The minimum absolute atomic E-state index is 0.253. The first-order valence-corrected chi connectivity index (χ1v) is 6.47. The first-order valence-electron chi connectivity index (χ1n) is 6.47. The van der Waals surface area contributed by atoms with E-state index in [1.807, 2.05) is 0 Å². The summed E-state index contributed by atoms with van der Waals surface area (Å²) in [5.74, 6) is -1.14. The summed E-state index contributed by atoms with van der Waals surface area (Å²) >= 11 is 0. The van der Waals surface area contributed by atoms with E-state index in [2.05, 4.69) is 19.7 Å². The van der Waals surface area contributed by atoms with E-state index in [1.54, 1.807) is 6.07 Å². The number of esters is 2. The number of nitrogens with zero attached hydrogens (tertiary/aromatic N) is 1. The van der Waals surface area contributed by atoms with Gasteiger partial charge in [-0.3, -0.25) is 9.89 Å². The first-order chi connectivity index (χ1) is 10.5. The Hall–Kier alpha value is -2.45. The van der Waals surface area contributed by atoms with Crippen molar-refractivity contribution in [1.82, 2.24) is 10.2 Å². The highest BCUT2D eigenvalue weighted by Gasteiger charge is 2.25. The zero-order valence-corrected chi connectivity index (χ0v) is 12.1. The summed E-state index contributed by atoms with van der Waals surface area (Å²) in [6.45, 7) is 0. The molecule has 0 saturated heterocycles. The summed E-state index contributed by atoms with van der Waals surface area (Å²) in [7, 11) is 2.47. The molecule has 8 nitrogen and oxygen atoms in total. The van der Waals surface area contributed by atoms with E-state index >= 15 is 0 Å². The van der Waals surface area contributed by atoms with E-state index in [9.17, 15) is 19.8 Å².